The largest absolute Gasteiger partial charge is 0.503 e. The Bertz CT molecular complexity index is 1320. The highest BCUT2D eigenvalue weighted by molar-refractivity contribution is 7.14. The molecule has 1 amide bonds. The molecule has 0 fully saturated rings. The number of halogens is 1. The molecule has 1 atom stereocenters. The Morgan fingerprint density at radius 2 is 1.66 bits per heavy atom. The number of carbonyl (C=O) groups is 2. The molecule has 0 saturated heterocycles. The van der Waals surface area contributed by atoms with Crippen LogP contribution in [0.2, 0.25) is 0 Å². The van der Waals surface area contributed by atoms with Crippen molar-refractivity contribution < 1.29 is 33.3 Å². The summed E-state index contributed by atoms with van der Waals surface area (Å²) in [4.78, 5) is 32.9. The lowest BCUT2D eigenvalue weighted by Gasteiger charge is -2.28. The molecule has 0 spiro atoms. The highest BCUT2D eigenvalue weighted by Crippen LogP contribution is 2.47. The number of nitrogens with zero attached hydrogens (tertiary/aromatic N) is 2. The van der Waals surface area contributed by atoms with Gasteiger partial charge in [0.1, 0.15) is 5.82 Å². The van der Waals surface area contributed by atoms with Gasteiger partial charge in [0.2, 0.25) is 11.5 Å². The van der Waals surface area contributed by atoms with Crippen LogP contribution in [0.5, 0.6) is 17.2 Å². The minimum absolute atomic E-state index is 0.125. The molecule has 2 aromatic carbocycles. The Morgan fingerprint density at radius 3 is 2.14 bits per heavy atom. The van der Waals surface area contributed by atoms with E-state index in [2.05, 4.69) is 4.98 Å². The van der Waals surface area contributed by atoms with E-state index in [0.29, 0.717) is 44.1 Å². The molecule has 0 saturated carbocycles. The molecular formula is C25H23FN2O6S. The molecule has 3 aromatic rings. The van der Waals surface area contributed by atoms with Gasteiger partial charge in [-0.3, -0.25) is 14.5 Å². The maximum atomic E-state index is 13.7. The number of rotatable bonds is 7. The summed E-state index contributed by atoms with van der Waals surface area (Å²) in [5.41, 5.74) is 1.08. The first-order chi connectivity index (χ1) is 16.7. The number of thiazole rings is 1. The summed E-state index contributed by atoms with van der Waals surface area (Å²) in [6.45, 7) is 3.46. The number of Topliss-reactive ketones (excluding diaryl/α,β-unsaturated/α-hetero) is 1. The van der Waals surface area contributed by atoms with Gasteiger partial charge in [0.25, 0.3) is 5.91 Å². The number of methoxy groups -OCH3 is 3. The molecule has 10 heteroatoms. The van der Waals surface area contributed by atoms with E-state index in [-0.39, 0.29) is 5.57 Å². The van der Waals surface area contributed by atoms with E-state index in [4.69, 9.17) is 14.2 Å². The SMILES string of the molecule is COc1cc(C2C(C(=O)c3sc(C)nc3C)=C(O)C(=O)N2c2ccc(F)cc2)cc(OC)c1OC. The van der Waals surface area contributed by atoms with Crippen LogP contribution in [0.15, 0.2) is 47.7 Å². The van der Waals surface area contributed by atoms with Crippen molar-refractivity contribution in [3.63, 3.8) is 0 Å². The Balaban J connectivity index is 1.97. The molecule has 2 heterocycles. The molecule has 182 valence electrons. The van der Waals surface area contributed by atoms with Gasteiger partial charge < -0.3 is 19.3 Å². The number of hydrogen-bond acceptors (Lipinski definition) is 8. The first-order valence-electron chi connectivity index (χ1n) is 10.5. The minimum atomic E-state index is -1.06. The van der Waals surface area contributed by atoms with Crippen LogP contribution in [-0.2, 0) is 4.79 Å². The molecule has 1 N–H and O–H groups in total. The lowest BCUT2D eigenvalue weighted by atomic mass is 9.94. The third kappa shape index (κ3) is 4.10. The number of aromatic nitrogens is 1. The maximum Gasteiger partial charge on any atom is 0.294 e. The van der Waals surface area contributed by atoms with E-state index in [0.717, 1.165) is 0 Å². The Kier molecular flexibility index (Phi) is 6.49. The zero-order valence-corrected chi connectivity index (χ0v) is 20.5. The lowest BCUT2D eigenvalue weighted by Crippen LogP contribution is -2.31. The average molecular weight is 499 g/mol. The second kappa shape index (κ2) is 9.38. The topological polar surface area (TPSA) is 98.2 Å². The molecule has 4 rings (SSSR count). The average Bonchev–Trinajstić information content (AvgIpc) is 3.33. The van der Waals surface area contributed by atoms with Gasteiger partial charge in [0, 0.05) is 5.69 Å². The quantitative estimate of drug-likeness (QED) is 0.471. The molecule has 0 bridgehead atoms. The third-order valence-corrected chi connectivity index (χ3v) is 6.74. The van der Waals surface area contributed by atoms with Gasteiger partial charge in [-0.15, -0.1) is 11.3 Å². The number of aryl methyl sites for hydroxylation is 2. The minimum Gasteiger partial charge on any atom is -0.503 e. The normalized spacial score (nSPS) is 15.5. The van der Waals surface area contributed by atoms with E-state index in [1.807, 2.05) is 0 Å². The van der Waals surface area contributed by atoms with Crippen molar-refractivity contribution in [1.29, 1.82) is 0 Å². The first-order valence-corrected chi connectivity index (χ1v) is 11.3. The van der Waals surface area contributed by atoms with Crippen LogP contribution in [0, 0.1) is 19.7 Å². The summed E-state index contributed by atoms with van der Waals surface area (Å²) in [6.07, 6.45) is 0. The predicted molar refractivity (Wildman–Crippen MR) is 128 cm³/mol. The highest BCUT2D eigenvalue weighted by atomic mass is 32.1. The molecule has 1 aliphatic heterocycles. The number of ether oxygens (including phenoxy) is 3. The molecule has 1 unspecified atom stereocenters. The van der Waals surface area contributed by atoms with Gasteiger partial charge in [0.15, 0.2) is 17.3 Å². The van der Waals surface area contributed by atoms with E-state index in [1.54, 1.807) is 26.0 Å². The first kappa shape index (κ1) is 24.2. The van der Waals surface area contributed by atoms with Gasteiger partial charge in [-0.05, 0) is 55.8 Å². The summed E-state index contributed by atoms with van der Waals surface area (Å²) in [6, 6.07) is 7.35. The predicted octanol–water partition coefficient (Wildman–Crippen LogP) is 4.71. The molecule has 8 nitrogen and oxygen atoms in total. The van der Waals surface area contributed by atoms with Crippen molar-refractivity contribution in [2.75, 3.05) is 26.2 Å². The van der Waals surface area contributed by atoms with Gasteiger partial charge in [-0.1, -0.05) is 0 Å². The highest BCUT2D eigenvalue weighted by Gasteiger charge is 2.46. The number of amides is 1. The van der Waals surface area contributed by atoms with E-state index in [1.165, 1.54) is 61.8 Å². The molecular weight excluding hydrogens is 475 g/mol. The van der Waals surface area contributed by atoms with Crippen LogP contribution in [0.4, 0.5) is 10.1 Å². The number of aliphatic hydroxyl groups excluding tert-OH is 1. The lowest BCUT2D eigenvalue weighted by molar-refractivity contribution is -0.117. The van der Waals surface area contributed by atoms with E-state index >= 15 is 0 Å². The fourth-order valence-electron chi connectivity index (χ4n) is 4.14. The zero-order valence-electron chi connectivity index (χ0n) is 19.7. The molecule has 0 radical (unpaired) electrons. The number of carbonyl (C=O) groups excluding carboxylic acids is 2. The molecule has 0 aliphatic carbocycles. The van der Waals surface area contributed by atoms with Crippen molar-refractivity contribution >= 4 is 28.7 Å². The van der Waals surface area contributed by atoms with Gasteiger partial charge in [0.05, 0.1) is 48.5 Å². The van der Waals surface area contributed by atoms with Gasteiger partial charge in [-0.25, -0.2) is 9.37 Å². The number of hydrogen-bond donors (Lipinski definition) is 1. The van der Waals surface area contributed by atoms with Crippen LogP contribution in [0.1, 0.15) is 32.0 Å². The van der Waals surface area contributed by atoms with E-state index < -0.39 is 29.3 Å². The van der Waals surface area contributed by atoms with E-state index in [9.17, 15) is 19.1 Å². The van der Waals surface area contributed by atoms with Gasteiger partial charge >= 0.3 is 0 Å². The molecule has 35 heavy (non-hydrogen) atoms. The Morgan fingerprint density at radius 1 is 1.06 bits per heavy atom. The Labute approximate surface area is 205 Å². The van der Waals surface area contributed by atoms with Crippen LogP contribution >= 0.6 is 11.3 Å². The van der Waals surface area contributed by atoms with Crippen molar-refractivity contribution in [2.45, 2.75) is 19.9 Å². The number of aliphatic hydroxyl groups is 1. The number of benzene rings is 2. The van der Waals surface area contributed by atoms with Crippen molar-refractivity contribution in [1.82, 2.24) is 4.98 Å². The van der Waals surface area contributed by atoms with Crippen LogP contribution in [-0.4, -0.2) is 43.1 Å². The monoisotopic (exact) mass is 498 g/mol. The summed E-state index contributed by atoms with van der Waals surface area (Å²) >= 11 is 1.18. The molecule has 1 aliphatic rings. The van der Waals surface area contributed by atoms with Crippen LogP contribution in [0.25, 0.3) is 0 Å². The van der Waals surface area contributed by atoms with Crippen LogP contribution < -0.4 is 19.1 Å². The second-order valence-corrected chi connectivity index (χ2v) is 8.95. The van der Waals surface area contributed by atoms with Crippen LogP contribution in [0.3, 0.4) is 0 Å². The van der Waals surface area contributed by atoms with Gasteiger partial charge in [-0.2, -0.15) is 0 Å². The van der Waals surface area contributed by atoms with Crippen molar-refractivity contribution in [3.05, 3.63) is 74.7 Å². The summed E-state index contributed by atoms with van der Waals surface area (Å²) in [5.74, 6) is -1.57. The fourth-order valence-corrected chi connectivity index (χ4v) is 5.02. The summed E-state index contributed by atoms with van der Waals surface area (Å²) < 4.78 is 30.0. The third-order valence-electron chi connectivity index (χ3n) is 5.67. The zero-order chi connectivity index (χ0) is 25.4. The number of ketones is 1. The Hall–Kier alpha value is -3.92. The molecule has 1 aromatic heterocycles. The van der Waals surface area contributed by atoms with Crippen molar-refractivity contribution in [2.24, 2.45) is 0 Å². The summed E-state index contributed by atoms with van der Waals surface area (Å²) in [5, 5.41) is 11.6. The second-order valence-electron chi connectivity index (χ2n) is 7.75. The smallest absolute Gasteiger partial charge is 0.294 e. The number of anilines is 1. The van der Waals surface area contributed by atoms with Crippen molar-refractivity contribution in [3.8, 4) is 17.2 Å². The fraction of sp³-hybridized carbons (Fsp3) is 0.240. The summed E-state index contributed by atoms with van der Waals surface area (Å²) in [7, 11) is 4.35. The standard InChI is InChI=1S/C25H23FN2O6S/c1-12-24(35-13(2)27-12)21(29)19-20(14-10-17(32-3)23(34-5)18(11-14)33-4)28(25(31)22(19)30)16-8-6-15(26)7-9-16/h6-11,20,30H,1-5H3. The maximum absolute atomic E-state index is 13.7.